The summed E-state index contributed by atoms with van der Waals surface area (Å²) < 4.78 is 0.906. The zero-order valence-electron chi connectivity index (χ0n) is 8.80. The summed E-state index contributed by atoms with van der Waals surface area (Å²) in [5, 5.41) is 3.37. The van der Waals surface area contributed by atoms with Crippen LogP contribution in [-0.2, 0) is 0 Å². The topological polar surface area (TPSA) is 12.0 Å². The van der Waals surface area contributed by atoms with Crippen LogP contribution in [0.3, 0.4) is 0 Å². The lowest BCUT2D eigenvalue weighted by Crippen LogP contribution is -2.54. The summed E-state index contributed by atoms with van der Waals surface area (Å²) in [4.78, 5) is 1.44. The fourth-order valence-corrected chi connectivity index (χ4v) is 3.78. The summed E-state index contributed by atoms with van der Waals surface area (Å²) in [6, 6.07) is 4.82. The quantitative estimate of drug-likeness (QED) is 0.819. The van der Waals surface area contributed by atoms with Crippen molar-refractivity contribution in [3.63, 3.8) is 0 Å². The van der Waals surface area contributed by atoms with Gasteiger partial charge in [-0.3, -0.25) is 0 Å². The summed E-state index contributed by atoms with van der Waals surface area (Å²) >= 11 is 7.68. The molecule has 1 aliphatic rings. The van der Waals surface area contributed by atoms with Crippen molar-refractivity contribution in [3.8, 4) is 0 Å². The number of hydrogen-bond donors (Lipinski definition) is 1. The normalized spacial score (nSPS) is 30.0. The number of nitrogens with one attached hydrogen (secondary N) is 1. The second kappa shape index (κ2) is 3.51. The van der Waals surface area contributed by atoms with E-state index in [4.69, 9.17) is 11.6 Å². The Bertz CT molecular complexity index is 332. The first-order valence-corrected chi connectivity index (χ1v) is 6.17. The highest BCUT2D eigenvalue weighted by Gasteiger charge is 2.48. The Morgan fingerprint density at radius 2 is 2.21 bits per heavy atom. The first kappa shape index (κ1) is 10.5. The van der Waals surface area contributed by atoms with Crippen LogP contribution in [0, 0.1) is 5.41 Å². The van der Waals surface area contributed by atoms with Gasteiger partial charge in [0.15, 0.2) is 0 Å². The Hall–Kier alpha value is -0.0500. The van der Waals surface area contributed by atoms with Gasteiger partial charge in [-0.05, 0) is 31.0 Å². The van der Waals surface area contributed by atoms with E-state index in [1.165, 1.54) is 11.3 Å². The third-order valence-corrected chi connectivity index (χ3v) is 4.90. The van der Waals surface area contributed by atoms with Crippen LogP contribution in [0.15, 0.2) is 12.1 Å². The molecule has 1 aromatic heterocycles. The van der Waals surface area contributed by atoms with E-state index < -0.39 is 0 Å². The van der Waals surface area contributed by atoms with Gasteiger partial charge in [0.25, 0.3) is 0 Å². The molecule has 1 nitrogen and oxygen atoms in total. The third kappa shape index (κ3) is 1.50. The molecule has 1 saturated carbocycles. The average molecular weight is 230 g/mol. The first-order valence-electron chi connectivity index (χ1n) is 4.98. The van der Waals surface area contributed by atoms with Gasteiger partial charge in [0, 0.05) is 16.8 Å². The molecular formula is C11H16ClNS. The van der Waals surface area contributed by atoms with Gasteiger partial charge in [-0.25, -0.2) is 0 Å². The number of rotatable bonds is 2. The molecule has 2 atom stereocenters. The van der Waals surface area contributed by atoms with Crippen molar-refractivity contribution >= 4 is 22.9 Å². The summed E-state index contributed by atoms with van der Waals surface area (Å²) in [5.41, 5.74) is 0.364. The highest BCUT2D eigenvalue weighted by molar-refractivity contribution is 7.16. The maximum Gasteiger partial charge on any atom is 0.0931 e. The standard InChI is InChI=1S/C11H16ClNS/c1-11(2)7(6-9(11)13-3)8-4-5-10(12)14-8/h4-5,7,9,13H,6H2,1-3H3. The Kier molecular flexibility index (Phi) is 2.63. The summed E-state index contributed by atoms with van der Waals surface area (Å²) in [6.45, 7) is 4.66. The molecule has 3 heteroatoms. The molecule has 1 aromatic rings. The van der Waals surface area contributed by atoms with Gasteiger partial charge in [-0.2, -0.15) is 0 Å². The SMILES string of the molecule is CNC1CC(c2ccc(Cl)s2)C1(C)C. The molecule has 0 radical (unpaired) electrons. The lowest BCUT2D eigenvalue weighted by molar-refractivity contribution is 0.0774. The van der Waals surface area contributed by atoms with Crippen LogP contribution in [0.1, 0.15) is 31.1 Å². The lowest BCUT2D eigenvalue weighted by Gasteiger charge is -2.52. The van der Waals surface area contributed by atoms with Crippen molar-refractivity contribution in [3.05, 3.63) is 21.3 Å². The van der Waals surface area contributed by atoms with E-state index in [9.17, 15) is 0 Å². The van der Waals surface area contributed by atoms with E-state index in [1.54, 1.807) is 11.3 Å². The monoisotopic (exact) mass is 229 g/mol. The minimum Gasteiger partial charge on any atom is -0.316 e. The van der Waals surface area contributed by atoms with Crippen molar-refractivity contribution in [2.45, 2.75) is 32.2 Å². The predicted octanol–water partition coefficient (Wildman–Crippen LogP) is 3.50. The number of halogens is 1. The molecule has 78 valence electrons. The Morgan fingerprint density at radius 3 is 2.64 bits per heavy atom. The second-order valence-corrected chi connectivity index (χ2v) is 6.34. The zero-order chi connectivity index (χ0) is 10.3. The molecule has 1 heterocycles. The Labute approximate surface area is 94.5 Å². The van der Waals surface area contributed by atoms with Crippen molar-refractivity contribution < 1.29 is 0 Å². The van der Waals surface area contributed by atoms with Crippen molar-refractivity contribution in [1.82, 2.24) is 5.32 Å². The molecule has 0 aromatic carbocycles. The maximum absolute atomic E-state index is 5.95. The average Bonchev–Trinajstić information content (AvgIpc) is 2.51. The first-order chi connectivity index (χ1) is 6.55. The van der Waals surface area contributed by atoms with Gasteiger partial charge >= 0.3 is 0 Å². The smallest absolute Gasteiger partial charge is 0.0931 e. The van der Waals surface area contributed by atoms with Crippen LogP contribution in [0.5, 0.6) is 0 Å². The summed E-state index contributed by atoms with van der Waals surface area (Å²) in [7, 11) is 2.05. The van der Waals surface area contributed by atoms with Crippen molar-refractivity contribution in [1.29, 1.82) is 0 Å². The number of hydrogen-bond acceptors (Lipinski definition) is 2. The molecule has 2 rings (SSSR count). The molecule has 0 aliphatic heterocycles. The van der Waals surface area contributed by atoms with Gasteiger partial charge in [-0.1, -0.05) is 25.4 Å². The van der Waals surface area contributed by atoms with Crippen LogP contribution in [0.25, 0.3) is 0 Å². The largest absolute Gasteiger partial charge is 0.316 e. The van der Waals surface area contributed by atoms with Crippen LogP contribution in [0.2, 0.25) is 4.34 Å². The van der Waals surface area contributed by atoms with Crippen LogP contribution >= 0.6 is 22.9 Å². The molecule has 0 bridgehead atoms. The lowest BCUT2D eigenvalue weighted by atomic mass is 9.58. The van der Waals surface area contributed by atoms with E-state index in [-0.39, 0.29) is 0 Å². The van der Waals surface area contributed by atoms with E-state index in [2.05, 4.69) is 25.2 Å². The van der Waals surface area contributed by atoms with Gasteiger partial charge < -0.3 is 5.32 Å². The van der Waals surface area contributed by atoms with Gasteiger partial charge in [0.2, 0.25) is 0 Å². The molecule has 0 amide bonds. The molecular weight excluding hydrogens is 214 g/mol. The molecule has 0 spiro atoms. The zero-order valence-corrected chi connectivity index (χ0v) is 10.4. The summed E-state index contributed by atoms with van der Waals surface area (Å²) in [6.07, 6.45) is 1.24. The molecule has 1 aliphatic carbocycles. The van der Waals surface area contributed by atoms with E-state index in [0.29, 0.717) is 17.4 Å². The summed E-state index contributed by atoms with van der Waals surface area (Å²) in [5.74, 6) is 0.678. The van der Waals surface area contributed by atoms with Crippen molar-refractivity contribution in [2.75, 3.05) is 7.05 Å². The third-order valence-electron chi connectivity index (χ3n) is 3.55. The highest BCUT2D eigenvalue weighted by atomic mass is 35.5. The van der Waals surface area contributed by atoms with Crippen molar-refractivity contribution in [2.24, 2.45) is 5.41 Å². The fourth-order valence-electron chi connectivity index (χ4n) is 2.41. The van der Waals surface area contributed by atoms with Gasteiger partial charge in [-0.15, -0.1) is 11.3 Å². The van der Waals surface area contributed by atoms with Crippen LogP contribution < -0.4 is 5.32 Å². The second-order valence-electron chi connectivity index (χ2n) is 4.59. The molecule has 1 N–H and O–H groups in total. The predicted molar refractivity (Wildman–Crippen MR) is 63.3 cm³/mol. The van der Waals surface area contributed by atoms with Crippen LogP contribution in [0.4, 0.5) is 0 Å². The minimum absolute atomic E-state index is 0.364. The fraction of sp³-hybridized carbons (Fsp3) is 0.636. The van der Waals surface area contributed by atoms with E-state index in [1.807, 2.05) is 13.1 Å². The minimum atomic E-state index is 0.364. The molecule has 1 fully saturated rings. The maximum atomic E-state index is 5.95. The van der Waals surface area contributed by atoms with Gasteiger partial charge in [0.1, 0.15) is 0 Å². The Morgan fingerprint density at radius 1 is 1.50 bits per heavy atom. The van der Waals surface area contributed by atoms with E-state index in [0.717, 1.165) is 4.34 Å². The molecule has 14 heavy (non-hydrogen) atoms. The van der Waals surface area contributed by atoms with Gasteiger partial charge in [0.05, 0.1) is 4.34 Å². The molecule has 2 unspecified atom stereocenters. The number of thiophene rings is 1. The Balaban J connectivity index is 2.16. The van der Waals surface area contributed by atoms with E-state index >= 15 is 0 Å². The molecule has 0 saturated heterocycles. The highest BCUT2D eigenvalue weighted by Crippen LogP contribution is 2.54. The van der Waals surface area contributed by atoms with Crippen LogP contribution in [-0.4, -0.2) is 13.1 Å².